The first kappa shape index (κ1) is 22.1. The van der Waals surface area contributed by atoms with Crippen molar-refractivity contribution in [3.63, 3.8) is 0 Å². The molecule has 4 unspecified atom stereocenters. The number of hydrogen-bond acceptors (Lipinski definition) is 6. The van der Waals surface area contributed by atoms with Gasteiger partial charge in [-0.3, -0.25) is 8.92 Å². The van der Waals surface area contributed by atoms with Gasteiger partial charge in [-0.25, -0.2) is 0 Å². The molecule has 0 aromatic heterocycles. The van der Waals surface area contributed by atoms with Crippen LogP contribution in [0.1, 0.15) is 40.2 Å². The Morgan fingerprint density at radius 2 is 1.70 bits per heavy atom. The largest absolute Gasteiger partial charge is 0.549 e. The third-order valence-electron chi connectivity index (χ3n) is 3.31. The second kappa shape index (κ2) is 10.8. The predicted octanol–water partition coefficient (Wildman–Crippen LogP) is 0.980. The highest BCUT2D eigenvalue weighted by Gasteiger charge is 2.52. The fourth-order valence-corrected chi connectivity index (χ4v) is 4.52. The first-order valence-corrected chi connectivity index (χ1v) is 10.3. The van der Waals surface area contributed by atoms with E-state index in [-0.39, 0.29) is 6.10 Å². The normalized spacial score (nSPS) is 26.9. The standard InChI is InChI=1S/C13H20O4Si.C2H6.O2Si/c1-4-11-5-7-12(8-6-11)18(15)16-10(3)13(17-18)9(2)14;1-2;1-3-2/h5-10,13-15H,4H2,1-3H3;1-2H3;. The minimum atomic E-state index is -3.35. The van der Waals surface area contributed by atoms with Crippen LogP contribution in [-0.4, -0.2) is 46.3 Å². The smallest absolute Gasteiger partial charge is 0.391 e. The van der Waals surface area contributed by atoms with Crippen molar-refractivity contribution >= 4 is 23.3 Å². The maximum absolute atomic E-state index is 10.5. The van der Waals surface area contributed by atoms with Crippen LogP contribution < -0.4 is 5.19 Å². The Bertz CT molecular complexity index is 487. The van der Waals surface area contributed by atoms with Gasteiger partial charge in [-0.1, -0.05) is 45.0 Å². The molecule has 1 aliphatic heterocycles. The fourth-order valence-electron chi connectivity index (χ4n) is 2.20. The van der Waals surface area contributed by atoms with Crippen LogP contribution in [-0.2, 0) is 24.2 Å². The fraction of sp³-hybridized carbons (Fsp3) is 0.600. The van der Waals surface area contributed by atoms with Crippen molar-refractivity contribution in [3.05, 3.63) is 29.8 Å². The monoisotopic (exact) mass is 358 g/mol. The van der Waals surface area contributed by atoms with Gasteiger partial charge in [0.15, 0.2) is 0 Å². The van der Waals surface area contributed by atoms with Crippen LogP contribution in [0.15, 0.2) is 24.3 Å². The molecular weight excluding hydrogens is 332 g/mol. The van der Waals surface area contributed by atoms with Crippen LogP contribution in [0.4, 0.5) is 0 Å². The quantitative estimate of drug-likeness (QED) is 0.783. The van der Waals surface area contributed by atoms with E-state index < -0.39 is 30.3 Å². The van der Waals surface area contributed by atoms with Gasteiger partial charge in [-0.05, 0) is 25.8 Å². The van der Waals surface area contributed by atoms with Crippen molar-refractivity contribution in [2.75, 3.05) is 0 Å². The van der Waals surface area contributed by atoms with Gasteiger partial charge < -0.3 is 18.8 Å². The molecule has 0 radical (unpaired) electrons. The third-order valence-corrected chi connectivity index (χ3v) is 5.65. The minimum Gasteiger partial charge on any atom is -0.391 e. The molecule has 2 N–H and O–H groups in total. The van der Waals surface area contributed by atoms with E-state index in [1.165, 1.54) is 5.56 Å². The van der Waals surface area contributed by atoms with Crippen LogP contribution in [0.5, 0.6) is 0 Å². The van der Waals surface area contributed by atoms with E-state index in [1.54, 1.807) is 6.92 Å². The highest BCUT2D eigenvalue weighted by Crippen LogP contribution is 2.25. The first-order valence-electron chi connectivity index (χ1n) is 7.72. The highest BCUT2D eigenvalue weighted by atomic mass is 28.4. The Hall–Kier alpha value is -0.906. The van der Waals surface area contributed by atoms with Crippen molar-refractivity contribution in [1.82, 2.24) is 0 Å². The molecule has 1 fully saturated rings. The molecule has 1 aromatic rings. The number of benzene rings is 1. The summed E-state index contributed by atoms with van der Waals surface area (Å²) in [5.41, 5.74) is 1.20. The number of aliphatic hydroxyl groups is 1. The SMILES string of the molecule is CC.CCc1ccc([Si]2(O)OC(C)C(C(C)O)O2)cc1.O=[Si]=O. The number of aryl methyl sites for hydroxylation is 1. The molecule has 4 atom stereocenters. The molecule has 0 spiro atoms. The zero-order valence-electron chi connectivity index (χ0n) is 14.3. The molecule has 1 aliphatic rings. The zero-order valence-corrected chi connectivity index (χ0v) is 16.3. The van der Waals surface area contributed by atoms with Crippen LogP contribution in [0, 0.1) is 0 Å². The molecule has 2 rings (SSSR count). The summed E-state index contributed by atoms with van der Waals surface area (Å²) in [5, 5.41) is 10.3. The summed E-state index contributed by atoms with van der Waals surface area (Å²) in [4.78, 5) is 10.5. The van der Waals surface area contributed by atoms with Gasteiger partial charge >= 0.3 is 18.1 Å². The lowest BCUT2D eigenvalue weighted by Crippen LogP contribution is -2.51. The summed E-state index contributed by atoms with van der Waals surface area (Å²) in [6, 6.07) is 7.63. The summed E-state index contributed by atoms with van der Waals surface area (Å²) in [7, 11) is -4.76. The molecule has 23 heavy (non-hydrogen) atoms. The average Bonchev–Trinajstić information content (AvgIpc) is 2.86. The molecule has 1 aromatic carbocycles. The lowest BCUT2D eigenvalue weighted by molar-refractivity contribution is 0.0327. The van der Waals surface area contributed by atoms with E-state index in [9.17, 15) is 9.90 Å². The lowest BCUT2D eigenvalue weighted by Gasteiger charge is -2.18. The molecule has 0 amide bonds. The van der Waals surface area contributed by atoms with E-state index in [0.717, 1.165) is 6.42 Å². The molecule has 6 nitrogen and oxygen atoms in total. The Morgan fingerprint density at radius 1 is 1.22 bits per heavy atom. The lowest BCUT2D eigenvalue weighted by atomic mass is 10.1. The van der Waals surface area contributed by atoms with Crippen LogP contribution in [0.2, 0.25) is 0 Å². The van der Waals surface area contributed by atoms with Crippen LogP contribution in [0.25, 0.3) is 0 Å². The van der Waals surface area contributed by atoms with Crippen molar-refractivity contribution in [2.45, 2.75) is 59.4 Å². The Labute approximate surface area is 140 Å². The van der Waals surface area contributed by atoms with Gasteiger partial charge in [0.05, 0.1) is 12.2 Å². The van der Waals surface area contributed by atoms with E-state index in [4.69, 9.17) is 17.8 Å². The maximum Gasteiger partial charge on any atom is 0.549 e. The molecule has 0 aliphatic carbocycles. The van der Waals surface area contributed by atoms with Gasteiger partial charge in [0.1, 0.15) is 6.10 Å². The zero-order chi connectivity index (χ0) is 18.0. The number of rotatable bonds is 3. The van der Waals surface area contributed by atoms with E-state index >= 15 is 0 Å². The topological polar surface area (TPSA) is 93.1 Å². The Morgan fingerprint density at radius 3 is 2.04 bits per heavy atom. The minimum absolute atomic E-state index is 0.299. The number of hydrogen-bond donors (Lipinski definition) is 2. The number of aliphatic hydroxyl groups excluding tert-OH is 1. The first-order chi connectivity index (χ1) is 10.9. The van der Waals surface area contributed by atoms with Crippen molar-refractivity contribution in [3.8, 4) is 0 Å². The third kappa shape index (κ3) is 6.24. The Kier molecular flexibility index (Phi) is 10.4. The van der Waals surface area contributed by atoms with Crippen molar-refractivity contribution in [2.24, 2.45) is 0 Å². The van der Waals surface area contributed by atoms with Gasteiger partial charge in [0.2, 0.25) is 0 Å². The van der Waals surface area contributed by atoms with Crippen LogP contribution >= 0.6 is 0 Å². The van der Waals surface area contributed by atoms with Crippen LogP contribution in [0.3, 0.4) is 0 Å². The maximum atomic E-state index is 10.5. The average molecular weight is 359 g/mol. The van der Waals surface area contributed by atoms with E-state index in [1.807, 2.05) is 45.0 Å². The molecule has 130 valence electrons. The molecule has 8 heteroatoms. The second-order valence-electron chi connectivity index (χ2n) is 4.86. The summed E-state index contributed by atoms with van der Waals surface area (Å²) >= 11 is 0. The molecule has 0 bridgehead atoms. The summed E-state index contributed by atoms with van der Waals surface area (Å²) in [6.07, 6.45) is -0.467. The molecule has 1 saturated heterocycles. The highest BCUT2D eigenvalue weighted by molar-refractivity contribution is 6.74. The van der Waals surface area contributed by atoms with Gasteiger partial charge in [-0.2, -0.15) is 0 Å². The molecular formula is C15H26O6Si2. The molecule has 1 heterocycles. The van der Waals surface area contributed by atoms with Gasteiger partial charge in [-0.15, -0.1) is 0 Å². The van der Waals surface area contributed by atoms with E-state index in [0.29, 0.717) is 5.19 Å². The molecule has 0 saturated carbocycles. The predicted molar refractivity (Wildman–Crippen MR) is 89.0 cm³/mol. The Balaban J connectivity index is 0.000000868. The van der Waals surface area contributed by atoms with Crippen molar-refractivity contribution < 1.29 is 27.7 Å². The van der Waals surface area contributed by atoms with Gasteiger partial charge in [0, 0.05) is 5.19 Å². The summed E-state index contributed by atoms with van der Waals surface area (Å²) in [6.45, 7) is 9.53. The van der Waals surface area contributed by atoms with Gasteiger partial charge in [0.25, 0.3) is 0 Å². The summed E-state index contributed by atoms with van der Waals surface area (Å²) in [5.74, 6) is 0. The van der Waals surface area contributed by atoms with E-state index in [2.05, 4.69) is 6.92 Å². The second-order valence-corrected chi connectivity index (χ2v) is 7.24. The van der Waals surface area contributed by atoms with Crippen molar-refractivity contribution in [1.29, 1.82) is 0 Å². The summed E-state index contributed by atoms with van der Waals surface area (Å²) < 4.78 is 28.0.